The molecule has 1 saturated heterocycles. The van der Waals surface area contributed by atoms with Gasteiger partial charge in [-0.25, -0.2) is 9.52 Å². The van der Waals surface area contributed by atoms with Crippen molar-refractivity contribution in [1.29, 1.82) is 0 Å². The average molecular weight is 463 g/mol. The van der Waals surface area contributed by atoms with E-state index in [0.717, 1.165) is 34.4 Å². The minimum Gasteiger partial charge on any atom is -0.351 e. The quantitative estimate of drug-likeness (QED) is 0.535. The zero-order valence-electron chi connectivity index (χ0n) is 17.6. The summed E-state index contributed by atoms with van der Waals surface area (Å²) in [6.07, 6.45) is 4.41. The van der Waals surface area contributed by atoms with E-state index in [2.05, 4.69) is 33.8 Å². The second-order valence-corrected chi connectivity index (χ2v) is 10.7. The predicted molar refractivity (Wildman–Crippen MR) is 121 cm³/mol. The Bertz CT molecular complexity index is 1220. The molecule has 2 amide bonds. The molecule has 2 aromatic heterocycles. The highest BCUT2D eigenvalue weighted by molar-refractivity contribution is 7.88. The van der Waals surface area contributed by atoms with Crippen molar-refractivity contribution in [1.82, 2.24) is 24.1 Å². The molecule has 1 aliphatic heterocycles. The number of fused-ring (bicyclic) bond motifs is 1. The third-order valence-electron chi connectivity index (χ3n) is 5.82. The zero-order valence-corrected chi connectivity index (χ0v) is 19.2. The van der Waals surface area contributed by atoms with Gasteiger partial charge in [0.2, 0.25) is 0 Å². The van der Waals surface area contributed by atoms with E-state index in [9.17, 15) is 13.2 Å². The molecule has 0 spiro atoms. The van der Waals surface area contributed by atoms with Gasteiger partial charge in [0, 0.05) is 34.3 Å². The summed E-state index contributed by atoms with van der Waals surface area (Å²) in [5.41, 5.74) is 7.15. The zero-order chi connectivity index (χ0) is 22.3. The Morgan fingerprint density at radius 1 is 1.29 bits per heavy atom. The number of urea groups is 1. The third kappa shape index (κ3) is 4.31. The molecule has 0 aliphatic carbocycles. The van der Waals surface area contributed by atoms with Gasteiger partial charge in [-0.2, -0.15) is 18.2 Å². The molecular weight excluding hydrogens is 436 g/mol. The molecule has 0 saturated carbocycles. The summed E-state index contributed by atoms with van der Waals surface area (Å²) in [6, 6.07) is 6.25. The molecule has 1 aromatic carbocycles. The average Bonchev–Trinajstić information content (AvgIpc) is 3.23. The van der Waals surface area contributed by atoms with E-state index in [4.69, 9.17) is 5.73 Å². The monoisotopic (exact) mass is 462 g/mol. The van der Waals surface area contributed by atoms with E-state index in [-0.39, 0.29) is 12.0 Å². The molecule has 3 atom stereocenters. The molecular formula is C20H26N6O3S2. The molecule has 4 rings (SSSR count). The third-order valence-corrected chi connectivity index (χ3v) is 7.98. The highest BCUT2D eigenvalue weighted by Gasteiger charge is 2.42. The number of amides is 2. The number of likely N-dealkylation sites (N-methyl/N-ethyl adjacent to an activating group) is 1. The van der Waals surface area contributed by atoms with Gasteiger partial charge in [0.15, 0.2) is 0 Å². The number of benzene rings is 1. The molecule has 31 heavy (non-hydrogen) atoms. The summed E-state index contributed by atoms with van der Waals surface area (Å²) in [4.78, 5) is 14.6. The Balaban J connectivity index is 1.84. The van der Waals surface area contributed by atoms with Gasteiger partial charge in [-0.05, 0) is 44.0 Å². The topological polar surface area (TPSA) is 122 Å². The van der Waals surface area contributed by atoms with Crippen LogP contribution in [0.25, 0.3) is 10.1 Å². The van der Waals surface area contributed by atoms with Crippen LogP contribution in [0.5, 0.6) is 0 Å². The molecule has 3 heterocycles. The number of nitrogens with two attached hydrogens (primary N) is 1. The van der Waals surface area contributed by atoms with Crippen molar-refractivity contribution < 1.29 is 13.2 Å². The molecule has 1 fully saturated rings. The van der Waals surface area contributed by atoms with Crippen molar-refractivity contribution in [3.05, 3.63) is 52.7 Å². The molecule has 11 heteroatoms. The predicted octanol–water partition coefficient (Wildman–Crippen LogP) is 1.97. The van der Waals surface area contributed by atoms with Gasteiger partial charge >= 0.3 is 16.2 Å². The number of piperidine rings is 1. The molecule has 1 aliphatic rings. The lowest BCUT2D eigenvalue weighted by atomic mass is 9.78. The fourth-order valence-corrected chi connectivity index (χ4v) is 6.78. The van der Waals surface area contributed by atoms with E-state index in [1.807, 2.05) is 37.1 Å². The van der Waals surface area contributed by atoms with Gasteiger partial charge in [0.25, 0.3) is 0 Å². The first kappa shape index (κ1) is 21.8. The molecule has 166 valence electrons. The summed E-state index contributed by atoms with van der Waals surface area (Å²) in [5, 5.41) is 5.42. The van der Waals surface area contributed by atoms with Crippen LogP contribution < -0.4 is 15.2 Å². The van der Waals surface area contributed by atoms with Crippen LogP contribution in [0.2, 0.25) is 0 Å². The second-order valence-electron chi connectivity index (χ2n) is 7.95. The summed E-state index contributed by atoms with van der Waals surface area (Å²) in [7, 11) is -0.358. The number of hydrogen-bond acceptors (Lipinski definition) is 6. The van der Waals surface area contributed by atoms with Crippen molar-refractivity contribution in [3.63, 3.8) is 0 Å². The first-order valence-corrected chi connectivity index (χ1v) is 12.2. The summed E-state index contributed by atoms with van der Waals surface area (Å²) < 4.78 is 32.8. The van der Waals surface area contributed by atoms with Crippen LogP contribution >= 0.6 is 11.3 Å². The Kier molecular flexibility index (Phi) is 5.77. The van der Waals surface area contributed by atoms with Gasteiger partial charge in [-0.3, -0.25) is 9.58 Å². The lowest BCUT2D eigenvalue weighted by Gasteiger charge is -2.44. The SMILES string of the molecule is Cc1sc2ccccc2c1C1CCN(C)C(c2cnn(C)c2)C1NS(=O)(=O)NC(N)=O. The number of thiophene rings is 1. The molecule has 0 bridgehead atoms. The molecule has 9 nitrogen and oxygen atoms in total. The number of aromatic nitrogens is 2. The number of likely N-dealkylation sites (tertiary alicyclic amines) is 1. The maximum Gasteiger partial charge on any atom is 0.326 e. The number of carbonyl (C=O) groups excluding carboxylic acids is 1. The first-order valence-electron chi connectivity index (χ1n) is 9.92. The van der Waals surface area contributed by atoms with E-state index >= 15 is 0 Å². The lowest BCUT2D eigenvalue weighted by Crippen LogP contribution is -2.55. The maximum atomic E-state index is 12.7. The fourth-order valence-electron chi connectivity index (χ4n) is 4.67. The van der Waals surface area contributed by atoms with Crippen molar-refractivity contribution in [3.8, 4) is 0 Å². The van der Waals surface area contributed by atoms with Gasteiger partial charge in [-0.15, -0.1) is 11.3 Å². The Hall–Kier alpha value is -2.47. The van der Waals surface area contributed by atoms with E-state index < -0.39 is 22.3 Å². The number of carbonyl (C=O) groups is 1. The van der Waals surface area contributed by atoms with Crippen molar-refractivity contribution in [2.24, 2.45) is 12.8 Å². The maximum absolute atomic E-state index is 12.7. The summed E-state index contributed by atoms with van der Waals surface area (Å²) in [5.74, 6) is -0.0954. The van der Waals surface area contributed by atoms with Gasteiger partial charge in [-0.1, -0.05) is 18.2 Å². The standard InChI is InChI=1S/C20H26N6O3S2/c1-12-17(14-6-4-5-7-16(14)30-12)15-8-9-25(2)19(13-10-22-26(3)11-13)18(15)23-31(28,29)24-20(21)27/h4-7,10-11,15,18-19,23H,8-9H2,1-3H3,(H3,21,24,27). The van der Waals surface area contributed by atoms with Gasteiger partial charge < -0.3 is 5.73 Å². The van der Waals surface area contributed by atoms with Gasteiger partial charge in [0.1, 0.15) is 0 Å². The smallest absolute Gasteiger partial charge is 0.326 e. The Morgan fingerprint density at radius 3 is 2.71 bits per heavy atom. The molecule has 3 unspecified atom stereocenters. The van der Waals surface area contributed by atoms with Crippen LogP contribution in [0.1, 0.15) is 34.4 Å². The van der Waals surface area contributed by atoms with Gasteiger partial charge in [0.05, 0.1) is 18.3 Å². The van der Waals surface area contributed by atoms with Crippen LogP contribution in [-0.4, -0.2) is 48.8 Å². The van der Waals surface area contributed by atoms with Crippen molar-refractivity contribution in [2.75, 3.05) is 13.6 Å². The van der Waals surface area contributed by atoms with Crippen molar-refractivity contribution >= 4 is 37.7 Å². The minimum atomic E-state index is -4.15. The highest BCUT2D eigenvalue weighted by atomic mass is 32.2. The van der Waals surface area contributed by atoms with Crippen LogP contribution in [0.15, 0.2) is 36.7 Å². The number of hydrogen-bond donors (Lipinski definition) is 3. The Labute approximate surface area is 185 Å². The molecule has 3 aromatic rings. The second kappa shape index (κ2) is 8.23. The van der Waals surface area contributed by atoms with E-state index in [0.29, 0.717) is 0 Å². The summed E-state index contributed by atoms with van der Waals surface area (Å²) in [6.45, 7) is 2.86. The highest BCUT2D eigenvalue weighted by Crippen LogP contribution is 2.45. The largest absolute Gasteiger partial charge is 0.351 e. The number of rotatable bonds is 5. The van der Waals surface area contributed by atoms with E-state index in [1.54, 1.807) is 22.2 Å². The molecule has 4 N–H and O–H groups in total. The number of aryl methyl sites for hydroxylation is 2. The minimum absolute atomic E-state index is 0.0954. The van der Waals surface area contributed by atoms with Crippen molar-refractivity contribution in [2.45, 2.75) is 31.3 Å². The van der Waals surface area contributed by atoms with E-state index in [1.165, 1.54) is 4.70 Å². The number of primary amides is 1. The van der Waals surface area contributed by atoms with Crippen LogP contribution in [0.3, 0.4) is 0 Å². The fraction of sp³-hybridized carbons (Fsp3) is 0.400. The van der Waals surface area contributed by atoms with Crippen LogP contribution in [0.4, 0.5) is 4.79 Å². The Morgan fingerprint density at radius 2 is 2.03 bits per heavy atom. The number of nitrogens with one attached hydrogen (secondary N) is 2. The lowest BCUT2D eigenvalue weighted by molar-refractivity contribution is 0.136. The van der Waals surface area contributed by atoms with Crippen LogP contribution in [0, 0.1) is 6.92 Å². The summed E-state index contributed by atoms with van der Waals surface area (Å²) >= 11 is 1.71. The number of nitrogens with zero attached hydrogens (tertiary/aromatic N) is 3. The normalized spacial score (nSPS) is 22.6. The van der Waals surface area contributed by atoms with Crippen LogP contribution in [-0.2, 0) is 17.3 Å². The first-order chi connectivity index (χ1) is 14.7. The molecule has 0 radical (unpaired) electrons.